The van der Waals surface area contributed by atoms with Crippen molar-refractivity contribution in [2.24, 2.45) is 11.8 Å². The zero-order valence-electron chi connectivity index (χ0n) is 16.5. The maximum absolute atomic E-state index is 12.3. The van der Waals surface area contributed by atoms with Crippen molar-refractivity contribution in [3.8, 4) is 5.75 Å². The van der Waals surface area contributed by atoms with Crippen molar-refractivity contribution < 1.29 is 9.53 Å². The smallest absolute Gasteiger partial charge is 0.343 e. The fourth-order valence-corrected chi connectivity index (χ4v) is 4.08. The van der Waals surface area contributed by atoms with Crippen molar-refractivity contribution in [3.63, 3.8) is 0 Å². The standard InChI is InChI=1S/C25H30O2/c1-4-18(3)20-10-12-21(13-11-20)22-14-16-24(17-15-22)27-25(26)23-8-6-19(5-2)7-9-23/h5-9,14-18,20-21H,2,4,10-13H2,1,3H3. The van der Waals surface area contributed by atoms with Crippen molar-refractivity contribution in [1.29, 1.82) is 0 Å². The number of rotatable bonds is 6. The van der Waals surface area contributed by atoms with E-state index in [1.165, 1.54) is 37.7 Å². The Balaban J connectivity index is 1.57. The highest BCUT2D eigenvalue weighted by Crippen LogP contribution is 2.39. The van der Waals surface area contributed by atoms with Gasteiger partial charge >= 0.3 is 5.97 Å². The first-order chi connectivity index (χ1) is 13.1. The summed E-state index contributed by atoms with van der Waals surface area (Å²) in [5.74, 6) is 2.64. The molecule has 0 N–H and O–H groups in total. The molecule has 27 heavy (non-hydrogen) atoms. The van der Waals surface area contributed by atoms with E-state index in [0.717, 1.165) is 17.4 Å². The summed E-state index contributed by atoms with van der Waals surface area (Å²) >= 11 is 0. The first-order valence-electron chi connectivity index (χ1n) is 10.1. The predicted molar refractivity (Wildman–Crippen MR) is 112 cm³/mol. The summed E-state index contributed by atoms with van der Waals surface area (Å²) in [6.45, 7) is 8.40. The van der Waals surface area contributed by atoms with Crippen molar-refractivity contribution in [2.75, 3.05) is 0 Å². The lowest BCUT2D eigenvalue weighted by Crippen LogP contribution is -2.18. The topological polar surface area (TPSA) is 26.3 Å². The summed E-state index contributed by atoms with van der Waals surface area (Å²) in [4.78, 5) is 12.3. The summed E-state index contributed by atoms with van der Waals surface area (Å²) in [5.41, 5.74) is 2.90. The van der Waals surface area contributed by atoms with Crippen LogP contribution in [0.4, 0.5) is 0 Å². The molecule has 3 rings (SSSR count). The quantitative estimate of drug-likeness (QED) is 0.414. The van der Waals surface area contributed by atoms with Crippen LogP contribution < -0.4 is 4.74 Å². The Morgan fingerprint density at radius 2 is 1.70 bits per heavy atom. The SMILES string of the molecule is C=Cc1ccc(C(=O)Oc2ccc(C3CCC(C(C)CC)CC3)cc2)cc1. The van der Waals surface area contributed by atoms with Crippen LogP contribution in [0, 0.1) is 11.8 Å². The molecule has 1 atom stereocenters. The summed E-state index contributed by atoms with van der Waals surface area (Å²) in [6.07, 6.45) is 8.23. The van der Waals surface area contributed by atoms with Gasteiger partial charge in [-0.2, -0.15) is 0 Å². The average molecular weight is 363 g/mol. The van der Waals surface area contributed by atoms with E-state index >= 15 is 0 Å². The van der Waals surface area contributed by atoms with Crippen LogP contribution in [-0.2, 0) is 0 Å². The van der Waals surface area contributed by atoms with Gasteiger partial charge in [0.25, 0.3) is 0 Å². The molecule has 0 aliphatic heterocycles. The molecule has 1 fully saturated rings. The lowest BCUT2D eigenvalue weighted by molar-refractivity contribution is 0.0734. The molecule has 0 spiro atoms. The fraction of sp³-hybridized carbons (Fsp3) is 0.400. The zero-order valence-corrected chi connectivity index (χ0v) is 16.5. The normalized spacial score (nSPS) is 20.7. The molecular formula is C25H30O2. The van der Waals surface area contributed by atoms with Crippen LogP contribution in [0.2, 0.25) is 0 Å². The molecule has 2 nitrogen and oxygen atoms in total. The van der Waals surface area contributed by atoms with Crippen LogP contribution in [0.1, 0.15) is 73.4 Å². The van der Waals surface area contributed by atoms with Gasteiger partial charge in [-0.15, -0.1) is 0 Å². The molecule has 1 unspecified atom stereocenters. The molecule has 142 valence electrons. The molecule has 0 bridgehead atoms. The summed E-state index contributed by atoms with van der Waals surface area (Å²) in [5, 5.41) is 0. The first-order valence-corrected chi connectivity index (χ1v) is 10.1. The zero-order chi connectivity index (χ0) is 19.2. The van der Waals surface area contributed by atoms with E-state index in [1.54, 1.807) is 18.2 Å². The van der Waals surface area contributed by atoms with Gasteiger partial charge in [0.2, 0.25) is 0 Å². The van der Waals surface area contributed by atoms with E-state index in [2.05, 4.69) is 32.6 Å². The van der Waals surface area contributed by atoms with Gasteiger partial charge in [-0.25, -0.2) is 4.79 Å². The minimum atomic E-state index is -0.326. The van der Waals surface area contributed by atoms with Gasteiger partial charge in [-0.05, 0) is 78.8 Å². The molecule has 0 saturated heterocycles. The van der Waals surface area contributed by atoms with Crippen LogP contribution in [0.3, 0.4) is 0 Å². The van der Waals surface area contributed by atoms with Gasteiger partial charge in [0.05, 0.1) is 5.56 Å². The van der Waals surface area contributed by atoms with Gasteiger partial charge in [0, 0.05) is 0 Å². The Kier molecular flexibility index (Phi) is 6.49. The second-order valence-electron chi connectivity index (χ2n) is 7.78. The number of esters is 1. The van der Waals surface area contributed by atoms with E-state index in [1.807, 2.05) is 24.3 Å². The highest BCUT2D eigenvalue weighted by Gasteiger charge is 2.25. The molecule has 0 aromatic heterocycles. The summed E-state index contributed by atoms with van der Waals surface area (Å²) < 4.78 is 5.51. The fourth-order valence-electron chi connectivity index (χ4n) is 4.08. The number of carbonyl (C=O) groups is 1. The summed E-state index contributed by atoms with van der Waals surface area (Å²) in [7, 11) is 0. The highest BCUT2D eigenvalue weighted by atomic mass is 16.5. The van der Waals surface area contributed by atoms with Crippen LogP contribution in [0.15, 0.2) is 55.1 Å². The molecule has 0 radical (unpaired) electrons. The predicted octanol–water partition coefficient (Wildman–Crippen LogP) is 6.87. The number of hydrogen-bond acceptors (Lipinski definition) is 2. The van der Waals surface area contributed by atoms with E-state index in [0.29, 0.717) is 17.2 Å². The van der Waals surface area contributed by atoms with Gasteiger partial charge < -0.3 is 4.74 Å². The lowest BCUT2D eigenvalue weighted by Gasteiger charge is -2.32. The Labute approximate surface area is 163 Å². The van der Waals surface area contributed by atoms with Crippen LogP contribution in [0.25, 0.3) is 6.08 Å². The van der Waals surface area contributed by atoms with E-state index in [-0.39, 0.29) is 5.97 Å². The third-order valence-electron chi connectivity index (χ3n) is 6.16. The van der Waals surface area contributed by atoms with Gasteiger partial charge in [-0.3, -0.25) is 0 Å². The van der Waals surface area contributed by atoms with E-state index < -0.39 is 0 Å². The molecular weight excluding hydrogens is 332 g/mol. The molecule has 1 aliphatic rings. The van der Waals surface area contributed by atoms with Gasteiger partial charge in [0.15, 0.2) is 0 Å². The first kappa shape index (κ1) is 19.4. The Morgan fingerprint density at radius 3 is 2.26 bits per heavy atom. The lowest BCUT2D eigenvalue weighted by atomic mass is 9.74. The molecule has 0 heterocycles. The second-order valence-corrected chi connectivity index (χ2v) is 7.78. The Hall–Kier alpha value is -2.35. The maximum Gasteiger partial charge on any atom is 0.343 e. The molecule has 1 aliphatic carbocycles. The average Bonchev–Trinajstić information content (AvgIpc) is 2.74. The largest absolute Gasteiger partial charge is 0.423 e. The highest BCUT2D eigenvalue weighted by molar-refractivity contribution is 5.91. The molecule has 2 heteroatoms. The molecule has 2 aromatic carbocycles. The van der Waals surface area contributed by atoms with E-state index in [9.17, 15) is 4.79 Å². The van der Waals surface area contributed by atoms with Crippen molar-refractivity contribution in [3.05, 3.63) is 71.8 Å². The maximum atomic E-state index is 12.3. The van der Waals surface area contributed by atoms with Crippen LogP contribution in [0.5, 0.6) is 5.75 Å². The third-order valence-corrected chi connectivity index (χ3v) is 6.16. The van der Waals surface area contributed by atoms with Crippen LogP contribution in [-0.4, -0.2) is 5.97 Å². The Bertz CT molecular complexity index is 750. The number of carbonyl (C=O) groups excluding carboxylic acids is 1. The number of benzene rings is 2. The van der Waals surface area contributed by atoms with Crippen molar-refractivity contribution in [1.82, 2.24) is 0 Å². The Morgan fingerprint density at radius 1 is 1.07 bits per heavy atom. The molecule has 0 amide bonds. The molecule has 1 saturated carbocycles. The van der Waals surface area contributed by atoms with Crippen molar-refractivity contribution in [2.45, 2.75) is 51.9 Å². The monoisotopic (exact) mass is 362 g/mol. The van der Waals surface area contributed by atoms with Crippen molar-refractivity contribution >= 4 is 12.0 Å². The van der Waals surface area contributed by atoms with E-state index in [4.69, 9.17) is 4.74 Å². The van der Waals surface area contributed by atoms with Gasteiger partial charge in [-0.1, -0.05) is 57.2 Å². The number of ether oxygens (including phenoxy) is 1. The summed E-state index contributed by atoms with van der Waals surface area (Å²) in [6, 6.07) is 15.4. The minimum Gasteiger partial charge on any atom is -0.423 e. The van der Waals surface area contributed by atoms with Crippen LogP contribution >= 0.6 is 0 Å². The van der Waals surface area contributed by atoms with Gasteiger partial charge in [0.1, 0.15) is 5.75 Å². The second kappa shape index (κ2) is 9.03. The molecule has 2 aromatic rings. The number of hydrogen-bond donors (Lipinski definition) is 0. The third kappa shape index (κ3) is 4.88. The minimum absolute atomic E-state index is 0.326.